The summed E-state index contributed by atoms with van der Waals surface area (Å²) in [6, 6.07) is 18.5. The molecule has 0 amide bonds. The second-order valence-electron chi connectivity index (χ2n) is 7.57. The van der Waals surface area contributed by atoms with Gasteiger partial charge in [0, 0.05) is 31.6 Å². The molecule has 0 aliphatic carbocycles. The standard InChI is InChI=1S/C21H22N.C5H8O2.Ir/c1-5-16(4)19-13-21(17-11-14(2)10-15(3)12-17)22-20-9-7-6-8-18(19)20;1-4(6)3-5(2)7;/h6-11,13,16H,5H2,1-4H3;3,6H,1-2H3;/q-1;;. The smallest absolute Gasteiger partial charge is 0.155 e. The fourth-order valence-electron chi connectivity index (χ4n) is 3.30. The van der Waals surface area contributed by atoms with Crippen molar-refractivity contribution in [2.24, 2.45) is 0 Å². The zero-order valence-electron chi connectivity index (χ0n) is 18.5. The number of aryl methyl sites for hydroxylation is 2. The fourth-order valence-corrected chi connectivity index (χ4v) is 3.30. The van der Waals surface area contributed by atoms with E-state index in [9.17, 15) is 4.79 Å². The monoisotopic (exact) mass is 581 g/mol. The van der Waals surface area contributed by atoms with Crippen molar-refractivity contribution in [3.63, 3.8) is 0 Å². The number of aromatic nitrogens is 1. The van der Waals surface area contributed by atoms with Crippen molar-refractivity contribution >= 4 is 16.7 Å². The summed E-state index contributed by atoms with van der Waals surface area (Å²) in [4.78, 5) is 14.9. The van der Waals surface area contributed by atoms with Gasteiger partial charge in [0.25, 0.3) is 0 Å². The number of ketones is 1. The Balaban J connectivity index is 0.000000489. The Kier molecular flexibility index (Phi) is 10.1. The molecule has 0 fully saturated rings. The van der Waals surface area contributed by atoms with Crippen molar-refractivity contribution in [1.82, 2.24) is 4.98 Å². The first-order chi connectivity index (χ1) is 13.7. The van der Waals surface area contributed by atoms with Crippen molar-refractivity contribution in [2.45, 2.75) is 53.9 Å². The number of hydrogen-bond acceptors (Lipinski definition) is 3. The van der Waals surface area contributed by atoms with E-state index in [4.69, 9.17) is 10.1 Å². The van der Waals surface area contributed by atoms with Crippen LogP contribution in [-0.2, 0) is 24.9 Å². The summed E-state index contributed by atoms with van der Waals surface area (Å²) in [6.07, 6.45) is 2.30. The van der Waals surface area contributed by atoms with Gasteiger partial charge < -0.3 is 5.11 Å². The zero-order valence-corrected chi connectivity index (χ0v) is 20.9. The first kappa shape index (κ1) is 25.7. The molecule has 161 valence electrons. The summed E-state index contributed by atoms with van der Waals surface area (Å²) in [5.41, 5.74) is 6.99. The summed E-state index contributed by atoms with van der Waals surface area (Å²) in [5.74, 6) is 0.463. The summed E-state index contributed by atoms with van der Waals surface area (Å²) in [5, 5.41) is 9.63. The van der Waals surface area contributed by atoms with Gasteiger partial charge in [-0.1, -0.05) is 52.0 Å². The van der Waals surface area contributed by atoms with Crippen molar-refractivity contribution in [2.75, 3.05) is 0 Å². The number of allylic oxidation sites excluding steroid dienone is 2. The van der Waals surface area contributed by atoms with Crippen molar-refractivity contribution in [3.8, 4) is 11.3 Å². The molecular formula is C26H30IrNO2-. The summed E-state index contributed by atoms with van der Waals surface area (Å²) < 4.78 is 0. The summed E-state index contributed by atoms with van der Waals surface area (Å²) >= 11 is 0. The molecule has 0 aliphatic heterocycles. The number of aliphatic hydroxyl groups excluding tert-OH is 1. The van der Waals surface area contributed by atoms with Crippen molar-refractivity contribution in [3.05, 3.63) is 77.1 Å². The van der Waals surface area contributed by atoms with E-state index < -0.39 is 0 Å². The van der Waals surface area contributed by atoms with Crippen LogP contribution in [-0.4, -0.2) is 15.9 Å². The maximum atomic E-state index is 10.0. The SMILES string of the molecule is CC(=O)C=C(C)O.CCC(C)c1cc(-c2[c-]c(C)cc(C)c2)nc2ccccc12.[Ir]. The maximum absolute atomic E-state index is 10.0. The molecule has 0 saturated carbocycles. The van der Waals surface area contributed by atoms with Crippen molar-refractivity contribution in [1.29, 1.82) is 0 Å². The number of benzene rings is 2. The Labute approximate surface area is 193 Å². The van der Waals surface area contributed by atoms with E-state index in [1.165, 1.54) is 36.4 Å². The van der Waals surface area contributed by atoms with Crippen LogP contribution in [0.3, 0.4) is 0 Å². The van der Waals surface area contributed by atoms with Crippen LogP contribution >= 0.6 is 0 Å². The average Bonchev–Trinajstić information content (AvgIpc) is 2.65. The number of fused-ring (bicyclic) bond motifs is 1. The summed E-state index contributed by atoms with van der Waals surface area (Å²) in [7, 11) is 0. The number of para-hydroxylation sites is 1. The molecule has 4 heteroatoms. The number of aliphatic hydroxyl groups is 1. The van der Waals surface area contributed by atoms with Crippen LogP contribution in [0, 0.1) is 19.9 Å². The second kappa shape index (κ2) is 11.8. The van der Waals surface area contributed by atoms with E-state index >= 15 is 0 Å². The maximum Gasteiger partial charge on any atom is 0.155 e. The Morgan fingerprint density at radius 1 is 1.17 bits per heavy atom. The third-order valence-electron chi connectivity index (χ3n) is 4.73. The van der Waals surface area contributed by atoms with Crippen molar-refractivity contribution < 1.29 is 30.0 Å². The van der Waals surface area contributed by atoms with Gasteiger partial charge in [0.05, 0.1) is 11.3 Å². The molecule has 1 N–H and O–H groups in total. The number of rotatable bonds is 4. The predicted octanol–water partition coefficient (Wildman–Crippen LogP) is 6.87. The molecule has 3 nitrogen and oxygen atoms in total. The third-order valence-corrected chi connectivity index (χ3v) is 4.73. The Morgan fingerprint density at radius 3 is 2.37 bits per heavy atom. The molecule has 3 rings (SSSR count). The van der Waals surface area contributed by atoms with Gasteiger partial charge in [-0.25, -0.2) is 0 Å². The molecule has 0 aliphatic rings. The van der Waals surface area contributed by atoms with Gasteiger partial charge >= 0.3 is 0 Å². The Hall–Kier alpha value is -2.29. The molecule has 1 aromatic heterocycles. The fraction of sp³-hybridized carbons (Fsp3) is 0.308. The number of pyridine rings is 1. The van der Waals surface area contributed by atoms with E-state index in [0.29, 0.717) is 5.92 Å². The van der Waals surface area contributed by atoms with Crippen LogP contribution in [0.15, 0.2) is 54.3 Å². The topological polar surface area (TPSA) is 50.2 Å². The molecule has 2 aromatic carbocycles. The summed E-state index contributed by atoms with van der Waals surface area (Å²) in [6.45, 7) is 11.6. The van der Waals surface area contributed by atoms with E-state index in [1.54, 1.807) is 0 Å². The molecule has 0 bridgehead atoms. The second-order valence-corrected chi connectivity index (χ2v) is 7.57. The van der Waals surface area contributed by atoms with E-state index in [1.807, 2.05) is 0 Å². The molecule has 3 aromatic rings. The quantitative estimate of drug-likeness (QED) is 0.208. The number of carbonyl (C=O) groups excluding carboxylic acids is 1. The first-order valence-electron chi connectivity index (χ1n) is 9.99. The van der Waals surface area contributed by atoms with Crippen LogP contribution in [0.4, 0.5) is 0 Å². The Morgan fingerprint density at radius 2 is 1.83 bits per heavy atom. The minimum Gasteiger partial charge on any atom is -0.512 e. The van der Waals surface area contributed by atoms with Gasteiger partial charge in [0.15, 0.2) is 5.78 Å². The first-order valence-corrected chi connectivity index (χ1v) is 9.99. The number of carbonyl (C=O) groups is 1. The Bertz CT molecular complexity index is 1020. The van der Waals surface area contributed by atoms with Crippen LogP contribution in [0.5, 0.6) is 0 Å². The van der Waals surface area contributed by atoms with Gasteiger partial charge in [0.1, 0.15) is 0 Å². The van der Waals surface area contributed by atoms with Crippen LogP contribution in [0.25, 0.3) is 22.2 Å². The van der Waals surface area contributed by atoms with Crippen LogP contribution < -0.4 is 0 Å². The molecule has 1 radical (unpaired) electrons. The van der Waals surface area contributed by atoms with Gasteiger partial charge in [-0.2, -0.15) is 0 Å². The molecule has 0 spiro atoms. The minimum absolute atomic E-state index is 0. The van der Waals surface area contributed by atoms with Gasteiger partial charge in [-0.15, -0.1) is 34.9 Å². The van der Waals surface area contributed by atoms with Crippen LogP contribution in [0.2, 0.25) is 0 Å². The van der Waals surface area contributed by atoms with E-state index in [-0.39, 0.29) is 31.6 Å². The average molecular weight is 581 g/mol. The predicted molar refractivity (Wildman–Crippen MR) is 121 cm³/mol. The number of nitrogens with zero attached hydrogens (tertiary/aromatic N) is 1. The molecule has 1 atom stereocenters. The minimum atomic E-state index is -0.125. The molecule has 0 saturated heterocycles. The van der Waals surface area contributed by atoms with E-state index in [0.717, 1.165) is 28.8 Å². The van der Waals surface area contributed by atoms with E-state index in [2.05, 4.69) is 76.2 Å². The van der Waals surface area contributed by atoms with Gasteiger partial charge in [-0.05, 0) is 43.5 Å². The van der Waals surface area contributed by atoms with Gasteiger partial charge in [-0.3, -0.25) is 9.78 Å². The molecule has 1 heterocycles. The van der Waals surface area contributed by atoms with Crippen LogP contribution in [0.1, 0.15) is 56.7 Å². The number of hydrogen-bond donors (Lipinski definition) is 1. The van der Waals surface area contributed by atoms with Gasteiger partial charge in [0.2, 0.25) is 0 Å². The molecule has 30 heavy (non-hydrogen) atoms. The third kappa shape index (κ3) is 7.19. The normalized spacial score (nSPS) is 11.9. The largest absolute Gasteiger partial charge is 0.512 e. The molecular weight excluding hydrogens is 551 g/mol. The molecule has 1 unspecified atom stereocenters. The zero-order chi connectivity index (χ0) is 21.6.